The normalized spacial score (nSPS) is 24.4. The number of nitriles is 1. The third-order valence-corrected chi connectivity index (χ3v) is 6.09. The number of thiophene rings is 1. The van der Waals surface area contributed by atoms with Crippen LogP contribution >= 0.6 is 11.3 Å². The summed E-state index contributed by atoms with van der Waals surface area (Å²) < 4.78 is 0. The minimum absolute atomic E-state index is 0.429. The molecule has 0 aliphatic heterocycles. The maximum absolute atomic E-state index is 10.8. The Morgan fingerprint density at radius 1 is 1.30 bits per heavy atom. The molecule has 1 aliphatic rings. The van der Waals surface area contributed by atoms with E-state index in [1.165, 1.54) is 16.3 Å². The number of hydrazine groups is 1. The highest BCUT2D eigenvalue weighted by molar-refractivity contribution is 7.18. The van der Waals surface area contributed by atoms with Crippen LogP contribution in [-0.4, -0.2) is 27.1 Å². The molecule has 5 N–H and O–H groups in total. The first kappa shape index (κ1) is 17.6. The summed E-state index contributed by atoms with van der Waals surface area (Å²) in [6, 6.07) is 5.91. The van der Waals surface area contributed by atoms with Gasteiger partial charge in [0.25, 0.3) is 0 Å². The molecule has 0 atom stereocenters. The molecule has 0 unspecified atom stereocenters. The molecule has 1 aliphatic carbocycles. The van der Waals surface area contributed by atoms with Crippen LogP contribution in [-0.2, 0) is 5.60 Å². The van der Waals surface area contributed by atoms with Gasteiger partial charge in [0.1, 0.15) is 10.4 Å². The quantitative estimate of drug-likeness (QED) is 0.463. The van der Waals surface area contributed by atoms with E-state index in [0.717, 1.165) is 15.1 Å². The van der Waals surface area contributed by atoms with E-state index in [9.17, 15) is 10.4 Å². The molecule has 0 radical (unpaired) electrons. The Morgan fingerprint density at radius 3 is 2.67 bits per heavy atom. The largest absolute Gasteiger partial charge is 0.396 e. The molecular weight excluding hydrogens is 362 g/mol. The molecular formula is C18H19N7OS. The van der Waals surface area contributed by atoms with Crippen LogP contribution in [0.3, 0.4) is 0 Å². The second-order valence-corrected chi connectivity index (χ2v) is 8.40. The zero-order chi connectivity index (χ0) is 19.4. The van der Waals surface area contributed by atoms with E-state index in [2.05, 4.69) is 21.0 Å². The van der Waals surface area contributed by atoms with Gasteiger partial charge in [-0.25, -0.2) is 20.8 Å². The van der Waals surface area contributed by atoms with E-state index in [1.807, 2.05) is 13.0 Å². The zero-order valence-electron chi connectivity index (χ0n) is 15.0. The average molecular weight is 381 g/mol. The van der Waals surface area contributed by atoms with Crippen molar-refractivity contribution in [2.45, 2.75) is 25.4 Å². The third-order valence-electron chi connectivity index (χ3n) is 4.85. The summed E-state index contributed by atoms with van der Waals surface area (Å²) in [6.07, 6.45) is 4.21. The number of pyridine rings is 1. The lowest BCUT2D eigenvalue weighted by Crippen LogP contribution is -2.46. The van der Waals surface area contributed by atoms with Crippen molar-refractivity contribution in [1.82, 2.24) is 15.0 Å². The Morgan fingerprint density at radius 2 is 2.04 bits per heavy atom. The number of fused-ring (bicyclic) bond motifs is 1. The van der Waals surface area contributed by atoms with Gasteiger partial charge < -0.3 is 10.8 Å². The smallest absolute Gasteiger partial charge is 0.165 e. The summed E-state index contributed by atoms with van der Waals surface area (Å²) in [4.78, 5) is 14.8. The lowest BCUT2D eigenvalue weighted by molar-refractivity contribution is -0.0999. The van der Waals surface area contributed by atoms with Crippen LogP contribution in [0.25, 0.3) is 21.6 Å². The van der Waals surface area contributed by atoms with E-state index < -0.39 is 11.0 Å². The van der Waals surface area contributed by atoms with Crippen molar-refractivity contribution in [3.8, 4) is 17.5 Å². The number of anilines is 2. The Labute approximate surface area is 160 Å². The molecule has 0 amide bonds. The molecule has 8 nitrogen and oxygen atoms in total. The van der Waals surface area contributed by atoms with Gasteiger partial charge >= 0.3 is 0 Å². The molecule has 0 spiro atoms. The van der Waals surface area contributed by atoms with Crippen molar-refractivity contribution in [3.05, 3.63) is 29.4 Å². The van der Waals surface area contributed by atoms with Crippen LogP contribution < -0.4 is 16.6 Å². The first-order valence-corrected chi connectivity index (χ1v) is 9.20. The predicted octanol–water partition coefficient (Wildman–Crippen LogP) is 2.16. The van der Waals surface area contributed by atoms with Crippen LogP contribution in [0.4, 0.5) is 11.5 Å². The monoisotopic (exact) mass is 381 g/mol. The number of rotatable bonds is 3. The maximum atomic E-state index is 10.8. The van der Waals surface area contributed by atoms with Gasteiger partial charge in [0.15, 0.2) is 11.6 Å². The van der Waals surface area contributed by atoms with Gasteiger partial charge in [0.2, 0.25) is 0 Å². The van der Waals surface area contributed by atoms with Crippen molar-refractivity contribution >= 4 is 33.1 Å². The SMILES string of the molecule is CN(N)c1ncc(-c2ncc3cc(C4(O)CC(C)(C#N)C4)sc3n2)cc1N. The van der Waals surface area contributed by atoms with E-state index in [0.29, 0.717) is 35.7 Å². The Balaban J connectivity index is 1.68. The Kier molecular flexibility index (Phi) is 3.82. The van der Waals surface area contributed by atoms with Crippen molar-refractivity contribution in [2.75, 3.05) is 17.8 Å². The zero-order valence-corrected chi connectivity index (χ0v) is 15.8. The number of hydrogen-bond acceptors (Lipinski definition) is 9. The summed E-state index contributed by atoms with van der Waals surface area (Å²) in [5.41, 5.74) is 5.70. The van der Waals surface area contributed by atoms with Gasteiger partial charge in [-0.15, -0.1) is 11.3 Å². The number of nitrogens with zero attached hydrogens (tertiary/aromatic N) is 5. The van der Waals surface area contributed by atoms with Gasteiger partial charge in [-0.2, -0.15) is 5.26 Å². The predicted molar refractivity (Wildman–Crippen MR) is 104 cm³/mol. The molecule has 9 heteroatoms. The fourth-order valence-electron chi connectivity index (χ4n) is 3.58. The first-order chi connectivity index (χ1) is 12.7. The lowest BCUT2D eigenvalue weighted by Gasteiger charge is -2.46. The van der Waals surface area contributed by atoms with Crippen LogP contribution in [0, 0.1) is 16.7 Å². The summed E-state index contributed by atoms with van der Waals surface area (Å²) in [7, 11) is 1.66. The standard InChI is InChI=1S/C18H19N7OS/c1-17(9-19)7-18(26,8-17)13-4-11-6-22-14(24-16(11)27-13)10-3-12(20)15(23-5-10)25(2)21/h3-6,26H,7-8,20-21H2,1-2H3. The van der Waals surface area contributed by atoms with Crippen LogP contribution in [0.1, 0.15) is 24.6 Å². The maximum Gasteiger partial charge on any atom is 0.165 e. The van der Waals surface area contributed by atoms with E-state index >= 15 is 0 Å². The van der Waals surface area contributed by atoms with Crippen LogP contribution in [0.2, 0.25) is 0 Å². The third kappa shape index (κ3) is 2.88. The molecule has 0 saturated heterocycles. The Bertz CT molecular complexity index is 1080. The van der Waals surface area contributed by atoms with Crippen molar-refractivity contribution < 1.29 is 5.11 Å². The molecule has 138 valence electrons. The van der Waals surface area contributed by atoms with Gasteiger partial charge in [0.05, 0.1) is 17.2 Å². The molecule has 3 heterocycles. The number of hydrogen-bond donors (Lipinski definition) is 3. The highest BCUT2D eigenvalue weighted by Crippen LogP contribution is 2.55. The highest BCUT2D eigenvalue weighted by atomic mass is 32.1. The van der Waals surface area contributed by atoms with Crippen LogP contribution in [0.5, 0.6) is 0 Å². The molecule has 4 rings (SSSR count). The fraction of sp³-hybridized carbons (Fsp3) is 0.333. The number of nitrogens with two attached hydrogens (primary N) is 2. The Hall–Kier alpha value is -2.80. The second kappa shape index (κ2) is 5.85. The van der Waals surface area contributed by atoms with Gasteiger partial charge in [0, 0.05) is 35.3 Å². The highest BCUT2D eigenvalue weighted by Gasteiger charge is 2.53. The lowest BCUT2D eigenvalue weighted by atomic mass is 9.60. The molecule has 1 saturated carbocycles. The summed E-state index contributed by atoms with van der Waals surface area (Å²) in [5.74, 6) is 6.67. The second-order valence-electron chi connectivity index (χ2n) is 7.37. The molecule has 1 fully saturated rings. The van der Waals surface area contributed by atoms with Crippen molar-refractivity contribution in [2.24, 2.45) is 11.3 Å². The topological polar surface area (TPSA) is 138 Å². The average Bonchev–Trinajstić information content (AvgIpc) is 3.03. The summed E-state index contributed by atoms with van der Waals surface area (Å²) >= 11 is 1.42. The van der Waals surface area contributed by atoms with Gasteiger partial charge in [-0.3, -0.25) is 5.01 Å². The van der Waals surface area contributed by atoms with Gasteiger partial charge in [-0.1, -0.05) is 0 Å². The van der Waals surface area contributed by atoms with E-state index in [1.54, 1.807) is 25.5 Å². The molecule has 27 heavy (non-hydrogen) atoms. The minimum atomic E-state index is -0.963. The molecule has 3 aromatic rings. The van der Waals surface area contributed by atoms with Crippen LogP contribution in [0.15, 0.2) is 24.5 Å². The summed E-state index contributed by atoms with van der Waals surface area (Å²) in [5, 5.41) is 22.2. The minimum Gasteiger partial charge on any atom is -0.396 e. The number of aromatic nitrogens is 3. The fourth-order valence-corrected chi connectivity index (χ4v) is 4.67. The van der Waals surface area contributed by atoms with Gasteiger partial charge in [-0.05, 0) is 31.9 Å². The number of nitrogen functional groups attached to an aromatic ring is 1. The summed E-state index contributed by atoms with van der Waals surface area (Å²) in [6.45, 7) is 1.87. The van der Waals surface area contributed by atoms with E-state index in [4.69, 9.17) is 11.6 Å². The number of aliphatic hydroxyl groups is 1. The molecule has 0 aromatic carbocycles. The van der Waals surface area contributed by atoms with E-state index in [-0.39, 0.29) is 0 Å². The molecule has 3 aromatic heterocycles. The van der Waals surface area contributed by atoms with Crippen molar-refractivity contribution in [3.63, 3.8) is 0 Å². The first-order valence-electron chi connectivity index (χ1n) is 8.38. The van der Waals surface area contributed by atoms with Crippen molar-refractivity contribution in [1.29, 1.82) is 5.26 Å². The molecule has 0 bridgehead atoms.